The zero-order valence-electron chi connectivity index (χ0n) is 12.1. The van der Waals surface area contributed by atoms with Crippen LogP contribution in [0, 0.1) is 0 Å². The van der Waals surface area contributed by atoms with Crippen LogP contribution in [-0.2, 0) is 12.8 Å². The topological polar surface area (TPSA) is 58.0 Å². The van der Waals surface area contributed by atoms with Crippen LogP contribution < -0.4 is 5.32 Å². The number of nitrogens with one attached hydrogen (secondary N) is 1. The molecule has 0 aliphatic heterocycles. The fourth-order valence-corrected chi connectivity index (χ4v) is 2.91. The van der Waals surface area contributed by atoms with Gasteiger partial charge in [0.05, 0.1) is 12.6 Å². The molecule has 4 nitrogen and oxygen atoms in total. The summed E-state index contributed by atoms with van der Waals surface area (Å²) in [6, 6.07) is 9.87. The second-order valence-electron chi connectivity index (χ2n) is 5.50. The van der Waals surface area contributed by atoms with Crippen molar-refractivity contribution < 1.29 is 5.11 Å². The molecule has 2 aromatic rings. The molecule has 3 rings (SSSR count). The highest BCUT2D eigenvalue weighted by molar-refractivity contribution is 5.48. The first-order valence-electron chi connectivity index (χ1n) is 7.63. The number of benzene rings is 1. The van der Waals surface area contributed by atoms with E-state index in [0.717, 1.165) is 29.9 Å². The fourth-order valence-electron chi connectivity index (χ4n) is 2.91. The summed E-state index contributed by atoms with van der Waals surface area (Å²) in [5, 5.41) is 13.1. The van der Waals surface area contributed by atoms with Gasteiger partial charge in [0.25, 0.3) is 0 Å². The zero-order chi connectivity index (χ0) is 14.5. The van der Waals surface area contributed by atoms with Crippen molar-refractivity contribution in [2.24, 2.45) is 0 Å². The lowest BCUT2D eigenvalue weighted by atomic mass is 10.1. The molecular formula is C17H21N3O. The van der Waals surface area contributed by atoms with E-state index in [0.29, 0.717) is 0 Å². The Morgan fingerprint density at radius 3 is 2.67 bits per heavy atom. The maximum Gasteiger partial charge on any atom is 0.133 e. The predicted octanol–water partition coefficient (Wildman–Crippen LogP) is 2.89. The Bertz CT molecular complexity index is 586. The van der Waals surface area contributed by atoms with Gasteiger partial charge in [-0.15, -0.1) is 0 Å². The van der Waals surface area contributed by atoms with Crippen molar-refractivity contribution in [1.29, 1.82) is 0 Å². The number of aliphatic hydroxyl groups excluding tert-OH is 1. The second kappa shape index (κ2) is 6.68. The fraction of sp³-hybridized carbons (Fsp3) is 0.412. The van der Waals surface area contributed by atoms with Gasteiger partial charge in [0.15, 0.2) is 0 Å². The van der Waals surface area contributed by atoms with Gasteiger partial charge in [0.2, 0.25) is 0 Å². The first kappa shape index (κ1) is 14.0. The normalized spacial score (nSPS) is 15.9. The van der Waals surface area contributed by atoms with E-state index in [1.807, 2.05) is 30.3 Å². The zero-order valence-corrected chi connectivity index (χ0v) is 12.1. The highest BCUT2D eigenvalue weighted by Gasteiger charge is 2.17. The number of aromatic nitrogens is 2. The van der Waals surface area contributed by atoms with Gasteiger partial charge in [0, 0.05) is 11.3 Å². The van der Waals surface area contributed by atoms with Gasteiger partial charge in [-0.05, 0) is 31.2 Å². The smallest absolute Gasteiger partial charge is 0.133 e. The van der Waals surface area contributed by atoms with Gasteiger partial charge in [-0.25, -0.2) is 9.97 Å². The van der Waals surface area contributed by atoms with E-state index >= 15 is 0 Å². The number of nitrogens with zero attached hydrogens (tertiary/aromatic N) is 2. The van der Waals surface area contributed by atoms with Crippen LogP contribution in [0.5, 0.6) is 0 Å². The number of fused-ring (bicyclic) bond motifs is 1. The number of hydrogen-bond acceptors (Lipinski definition) is 4. The van der Waals surface area contributed by atoms with Crippen molar-refractivity contribution >= 4 is 5.82 Å². The van der Waals surface area contributed by atoms with Crippen LogP contribution in [0.25, 0.3) is 0 Å². The molecule has 0 radical (unpaired) electrons. The molecule has 0 saturated heterocycles. The van der Waals surface area contributed by atoms with Crippen molar-refractivity contribution in [2.75, 3.05) is 11.9 Å². The molecule has 0 spiro atoms. The third kappa shape index (κ3) is 3.22. The van der Waals surface area contributed by atoms with Crippen LogP contribution >= 0.6 is 0 Å². The quantitative estimate of drug-likeness (QED) is 0.847. The average molecular weight is 283 g/mol. The van der Waals surface area contributed by atoms with E-state index < -0.39 is 0 Å². The van der Waals surface area contributed by atoms with E-state index in [1.54, 1.807) is 6.33 Å². The predicted molar refractivity (Wildman–Crippen MR) is 83.2 cm³/mol. The van der Waals surface area contributed by atoms with E-state index in [1.165, 1.54) is 24.8 Å². The maximum atomic E-state index is 9.69. The summed E-state index contributed by atoms with van der Waals surface area (Å²) in [6.45, 7) is 0.0444. The Balaban J connectivity index is 1.87. The van der Waals surface area contributed by atoms with Gasteiger partial charge in [-0.3, -0.25) is 0 Å². The molecule has 1 aromatic heterocycles. The van der Waals surface area contributed by atoms with Crippen molar-refractivity contribution in [3.63, 3.8) is 0 Å². The Morgan fingerprint density at radius 1 is 1.05 bits per heavy atom. The molecule has 21 heavy (non-hydrogen) atoms. The summed E-state index contributed by atoms with van der Waals surface area (Å²) in [6.07, 6.45) is 7.31. The Kier molecular flexibility index (Phi) is 4.46. The van der Waals surface area contributed by atoms with Gasteiger partial charge >= 0.3 is 0 Å². The standard InChI is InChI=1S/C17H21N3O/c21-11-16(13-7-3-1-4-8-13)20-17-14-9-5-2-6-10-15(14)18-12-19-17/h1,3-4,7-8,12,16,21H,2,5-6,9-11H2,(H,18,19,20). The maximum absolute atomic E-state index is 9.69. The summed E-state index contributed by atoms with van der Waals surface area (Å²) >= 11 is 0. The molecule has 1 heterocycles. The average Bonchev–Trinajstić information content (AvgIpc) is 2.79. The Labute approximate surface area is 125 Å². The molecule has 110 valence electrons. The summed E-state index contributed by atoms with van der Waals surface area (Å²) in [5.41, 5.74) is 3.46. The molecule has 0 saturated carbocycles. The highest BCUT2D eigenvalue weighted by atomic mass is 16.3. The van der Waals surface area contributed by atoms with Crippen LogP contribution in [0.4, 0.5) is 5.82 Å². The van der Waals surface area contributed by atoms with Gasteiger partial charge in [-0.1, -0.05) is 36.8 Å². The number of aryl methyl sites for hydroxylation is 1. The Hall–Kier alpha value is -1.94. The van der Waals surface area contributed by atoms with Crippen molar-refractivity contribution in [3.05, 3.63) is 53.5 Å². The molecule has 2 N–H and O–H groups in total. The number of anilines is 1. The highest BCUT2D eigenvalue weighted by Crippen LogP contribution is 2.26. The van der Waals surface area contributed by atoms with Crippen LogP contribution in [0.1, 0.15) is 42.1 Å². The first-order chi connectivity index (χ1) is 10.4. The summed E-state index contributed by atoms with van der Waals surface area (Å²) in [5.74, 6) is 0.879. The first-order valence-corrected chi connectivity index (χ1v) is 7.63. The van der Waals surface area contributed by atoms with Crippen LogP contribution in [0.3, 0.4) is 0 Å². The lowest BCUT2D eigenvalue weighted by Crippen LogP contribution is -2.17. The van der Waals surface area contributed by atoms with E-state index in [4.69, 9.17) is 0 Å². The van der Waals surface area contributed by atoms with E-state index in [2.05, 4.69) is 15.3 Å². The van der Waals surface area contributed by atoms with E-state index in [9.17, 15) is 5.11 Å². The van der Waals surface area contributed by atoms with Crippen LogP contribution in [0.15, 0.2) is 36.7 Å². The second-order valence-corrected chi connectivity index (χ2v) is 5.50. The molecule has 1 atom stereocenters. The summed E-state index contributed by atoms with van der Waals surface area (Å²) in [7, 11) is 0. The number of aliphatic hydroxyl groups is 1. The van der Waals surface area contributed by atoms with Gasteiger partial charge in [0.1, 0.15) is 12.1 Å². The molecule has 1 unspecified atom stereocenters. The summed E-state index contributed by atoms with van der Waals surface area (Å²) < 4.78 is 0. The van der Waals surface area contributed by atoms with Gasteiger partial charge < -0.3 is 10.4 Å². The van der Waals surface area contributed by atoms with Crippen molar-refractivity contribution in [2.45, 2.75) is 38.1 Å². The molecule has 0 amide bonds. The molecule has 0 bridgehead atoms. The number of rotatable bonds is 4. The SMILES string of the molecule is OCC(Nc1ncnc2c1CCCCC2)c1ccccc1. The molecule has 1 aliphatic carbocycles. The van der Waals surface area contributed by atoms with Crippen LogP contribution in [-0.4, -0.2) is 21.7 Å². The van der Waals surface area contributed by atoms with Crippen LogP contribution in [0.2, 0.25) is 0 Å². The lowest BCUT2D eigenvalue weighted by Gasteiger charge is -2.20. The molecule has 4 heteroatoms. The van der Waals surface area contributed by atoms with Crippen molar-refractivity contribution in [3.8, 4) is 0 Å². The minimum atomic E-state index is -0.131. The lowest BCUT2D eigenvalue weighted by molar-refractivity contribution is 0.276. The summed E-state index contributed by atoms with van der Waals surface area (Å²) in [4.78, 5) is 8.85. The minimum absolute atomic E-state index is 0.0444. The van der Waals surface area contributed by atoms with E-state index in [-0.39, 0.29) is 12.6 Å². The molecule has 1 aromatic carbocycles. The third-order valence-corrected chi connectivity index (χ3v) is 4.07. The van der Waals surface area contributed by atoms with Crippen molar-refractivity contribution in [1.82, 2.24) is 9.97 Å². The monoisotopic (exact) mass is 283 g/mol. The third-order valence-electron chi connectivity index (χ3n) is 4.07. The minimum Gasteiger partial charge on any atom is -0.394 e. The largest absolute Gasteiger partial charge is 0.394 e. The molecular weight excluding hydrogens is 262 g/mol. The number of hydrogen-bond donors (Lipinski definition) is 2. The molecule has 0 fully saturated rings. The molecule has 1 aliphatic rings. The van der Waals surface area contributed by atoms with Gasteiger partial charge in [-0.2, -0.15) is 0 Å². The Morgan fingerprint density at radius 2 is 1.86 bits per heavy atom.